The van der Waals surface area contributed by atoms with Gasteiger partial charge in [0, 0.05) is 42.7 Å². The summed E-state index contributed by atoms with van der Waals surface area (Å²) in [5.74, 6) is -0.632. The summed E-state index contributed by atoms with van der Waals surface area (Å²) in [6.45, 7) is 1.07. The predicted octanol–water partition coefficient (Wildman–Crippen LogP) is 0.102. The summed E-state index contributed by atoms with van der Waals surface area (Å²) in [5, 5.41) is 11.1. The normalized spacial score (nSPS) is 16.4. The average molecular weight is 389 g/mol. The third-order valence-electron chi connectivity index (χ3n) is 4.00. The number of benzene rings is 1. The summed E-state index contributed by atoms with van der Waals surface area (Å²) in [6.07, 6.45) is 0.860. The fraction of sp³-hybridized carbons (Fsp3) is 0.467. The van der Waals surface area contributed by atoms with Crippen molar-refractivity contribution in [2.75, 3.05) is 26.2 Å². The third kappa shape index (κ3) is 5.96. The first-order chi connectivity index (χ1) is 11.8. The minimum absolute atomic E-state index is 0.144. The lowest BCUT2D eigenvalue weighted by Crippen LogP contribution is -2.46. The molecule has 0 unspecified atom stereocenters. The molecule has 1 aliphatic rings. The van der Waals surface area contributed by atoms with Crippen molar-refractivity contribution in [1.29, 1.82) is 0 Å². The molecule has 1 heterocycles. The van der Waals surface area contributed by atoms with Gasteiger partial charge in [0.25, 0.3) is 16.1 Å². The molecule has 1 fully saturated rings. The van der Waals surface area contributed by atoms with Gasteiger partial charge in [0.15, 0.2) is 0 Å². The number of carbonyl (C=O) groups is 2. The van der Waals surface area contributed by atoms with Gasteiger partial charge >= 0.3 is 0 Å². The highest BCUT2D eigenvalue weighted by Gasteiger charge is 2.28. The molecule has 0 radical (unpaired) electrons. The zero-order valence-corrected chi connectivity index (χ0v) is 15.1. The molecular weight excluding hydrogens is 368 g/mol. The van der Waals surface area contributed by atoms with Gasteiger partial charge in [-0.15, -0.1) is 0 Å². The van der Waals surface area contributed by atoms with Gasteiger partial charge in [-0.3, -0.25) is 9.59 Å². The van der Waals surface area contributed by atoms with E-state index in [-0.39, 0.29) is 30.8 Å². The number of hydrogen-bond donors (Lipinski definition) is 3. The van der Waals surface area contributed by atoms with Crippen LogP contribution < -0.4 is 15.8 Å². The first-order valence-corrected chi connectivity index (χ1v) is 9.75. The van der Waals surface area contributed by atoms with Gasteiger partial charge in [-0.1, -0.05) is 11.6 Å². The molecule has 138 valence electrons. The van der Waals surface area contributed by atoms with Gasteiger partial charge in [0.05, 0.1) is 0 Å². The fourth-order valence-corrected chi connectivity index (χ4v) is 3.43. The van der Waals surface area contributed by atoms with E-state index in [4.69, 9.17) is 16.7 Å². The Labute approximate surface area is 151 Å². The molecule has 4 N–H and O–H groups in total. The minimum Gasteiger partial charge on any atom is -0.354 e. The molecule has 1 aromatic carbocycles. The topological polar surface area (TPSA) is 122 Å². The molecule has 1 aromatic rings. The Morgan fingerprint density at radius 2 is 1.68 bits per heavy atom. The van der Waals surface area contributed by atoms with Crippen LogP contribution in [-0.2, 0) is 15.0 Å². The van der Waals surface area contributed by atoms with Crippen LogP contribution in [0.5, 0.6) is 0 Å². The predicted molar refractivity (Wildman–Crippen MR) is 94.2 cm³/mol. The number of amides is 2. The largest absolute Gasteiger partial charge is 0.354 e. The number of nitrogens with two attached hydrogens (primary N) is 1. The molecule has 0 aromatic heterocycles. The number of nitrogens with zero attached hydrogens (tertiary/aromatic N) is 1. The van der Waals surface area contributed by atoms with E-state index in [0.29, 0.717) is 36.5 Å². The Morgan fingerprint density at radius 3 is 2.24 bits per heavy atom. The summed E-state index contributed by atoms with van der Waals surface area (Å²) in [5.41, 5.74) is 0.492. The standard InChI is InChI=1S/C15H21ClN4O4S/c16-13-3-1-11(2-4-13)14(21)18-7-8-19-15(22)12-5-9-20(10-6-12)25(17,23)24/h1-4,12H,5-10H2,(H,18,21)(H,19,22)(H2,17,23,24). The maximum Gasteiger partial charge on any atom is 0.276 e. The van der Waals surface area contributed by atoms with Crippen molar-refractivity contribution in [3.8, 4) is 0 Å². The van der Waals surface area contributed by atoms with Crippen LogP contribution in [0, 0.1) is 5.92 Å². The summed E-state index contributed by atoms with van der Waals surface area (Å²) in [7, 11) is -3.69. The highest BCUT2D eigenvalue weighted by Crippen LogP contribution is 2.18. The van der Waals surface area contributed by atoms with Gasteiger partial charge in [0.2, 0.25) is 5.91 Å². The highest BCUT2D eigenvalue weighted by molar-refractivity contribution is 7.86. The van der Waals surface area contributed by atoms with E-state index in [2.05, 4.69) is 10.6 Å². The van der Waals surface area contributed by atoms with E-state index in [1.165, 1.54) is 4.31 Å². The molecule has 10 heteroatoms. The van der Waals surface area contributed by atoms with Crippen molar-refractivity contribution >= 4 is 33.6 Å². The zero-order valence-electron chi connectivity index (χ0n) is 13.6. The Morgan fingerprint density at radius 1 is 1.12 bits per heavy atom. The van der Waals surface area contributed by atoms with Gasteiger partial charge < -0.3 is 10.6 Å². The van der Waals surface area contributed by atoms with Crippen LogP contribution in [0.15, 0.2) is 24.3 Å². The van der Waals surface area contributed by atoms with Crippen LogP contribution >= 0.6 is 11.6 Å². The molecule has 0 spiro atoms. The molecule has 8 nitrogen and oxygen atoms in total. The molecule has 25 heavy (non-hydrogen) atoms. The number of nitrogens with one attached hydrogen (secondary N) is 2. The lowest BCUT2D eigenvalue weighted by molar-refractivity contribution is -0.126. The smallest absolute Gasteiger partial charge is 0.276 e. The summed E-state index contributed by atoms with van der Waals surface area (Å²) >= 11 is 5.76. The molecule has 2 amide bonds. The van der Waals surface area contributed by atoms with Crippen LogP contribution in [0.25, 0.3) is 0 Å². The Hall–Kier alpha value is -1.68. The van der Waals surface area contributed by atoms with E-state index in [1.807, 2.05) is 0 Å². The number of rotatable bonds is 6. The van der Waals surface area contributed by atoms with Crippen LogP contribution in [0.1, 0.15) is 23.2 Å². The summed E-state index contributed by atoms with van der Waals surface area (Å²) in [6, 6.07) is 6.50. The van der Waals surface area contributed by atoms with Crippen LogP contribution in [0.3, 0.4) is 0 Å². The number of halogens is 1. The quantitative estimate of drug-likeness (QED) is 0.598. The van der Waals surface area contributed by atoms with E-state index in [9.17, 15) is 18.0 Å². The van der Waals surface area contributed by atoms with Crippen molar-refractivity contribution in [3.63, 3.8) is 0 Å². The van der Waals surface area contributed by atoms with E-state index in [0.717, 1.165) is 0 Å². The Kier molecular flexibility index (Phi) is 6.77. The van der Waals surface area contributed by atoms with E-state index < -0.39 is 10.2 Å². The van der Waals surface area contributed by atoms with Crippen LogP contribution in [0.2, 0.25) is 5.02 Å². The SMILES string of the molecule is NS(=O)(=O)N1CCC(C(=O)NCCNC(=O)c2ccc(Cl)cc2)CC1. The van der Waals surface area contributed by atoms with Gasteiger partial charge in [-0.05, 0) is 37.1 Å². The highest BCUT2D eigenvalue weighted by atomic mass is 35.5. The molecular formula is C15H21ClN4O4S. The fourth-order valence-electron chi connectivity index (χ4n) is 2.58. The van der Waals surface area contributed by atoms with Crippen molar-refractivity contribution < 1.29 is 18.0 Å². The minimum atomic E-state index is -3.69. The maximum absolute atomic E-state index is 12.1. The number of carbonyl (C=O) groups excluding carboxylic acids is 2. The second-order valence-electron chi connectivity index (χ2n) is 5.77. The lowest BCUT2D eigenvalue weighted by Gasteiger charge is -2.29. The monoisotopic (exact) mass is 388 g/mol. The van der Waals surface area contributed by atoms with Crippen molar-refractivity contribution in [2.45, 2.75) is 12.8 Å². The van der Waals surface area contributed by atoms with Crippen molar-refractivity contribution in [2.24, 2.45) is 11.1 Å². The number of hydrogen-bond acceptors (Lipinski definition) is 4. The second-order valence-corrected chi connectivity index (χ2v) is 7.75. The zero-order chi connectivity index (χ0) is 18.4. The van der Waals surface area contributed by atoms with Crippen LogP contribution in [0.4, 0.5) is 0 Å². The molecule has 1 saturated heterocycles. The van der Waals surface area contributed by atoms with Crippen molar-refractivity contribution in [3.05, 3.63) is 34.9 Å². The van der Waals surface area contributed by atoms with Crippen molar-refractivity contribution in [1.82, 2.24) is 14.9 Å². The van der Waals surface area contributed by atoms with Gasteiger partial charge in [0.1, 0.15) is 0 Å². The third-order valence-corrected chi connectivity index (χ3v) is 5.34. The molecule has 1 aliphatic heterocycles. The molecule has 0 atom stereocenters. The average Bonchev–Trinajstić information content (AvgIpc) is 2.58. The van der Waals surface area contributed by atoms with E-state index >= 15 is 0 Å². The lowest BCUT2D eigenvalue weighted by atomic mass is 9.97. The molecule has 0 saturated carbocycles. The first-order valence-electron chi connectivity index (χ1n) is 7.86. The number of piperidine rings is 1. The summed E-state index contributed by atoms with van der Waals surface area (Å²) < 4.78 is 23.6. The Balaban J connectivity index is 1.67. The molecule has 2 rings (SSSR count). The van der Waals surface area contributed by atoms with Crippen LogP contribution in [-0.4, -0.2) is 50.7 Å². The summed E-state index contributed by atoms with van der Waals surface area (Å²) in [4.78, 5) is 24.0. The first kappa shape index (κ1) is 19.6. The maximum atomic E-state index is 12.1. The molecule has 0 aliphatic carbocycles. The Bertz CT molecular complexity index is 716. The van der Waals surface area contributed by atoms with Gasteiger partial charge in [-0.25, -0.2) is 5.14 Å². The van der Waals surface area contributed by atoms with Gasteiger partial charge in [-0.2, -0.15) is 12.7 Å². The second kappa shape index (κ2) is 8.61. The molecule has 0 bridgehead atoms. The van der Waals surface area contributed by atoms with E-state index in [1.54, 1.807) is 24.3 Å².